The van der Waals surface area contributed by atoms with Crippen LogP contribution in [0.15, 0.2) is 12.2 Å². The second-order valence-electron chi connectivity index (χ2n) is 2.90. The van der Waals surface area contributed by atoms with Crippen molar-refractivity contribution in [3.05, 3.63) is 12.2 Å². The summed E-state index contributed by atoms with van der Waals surface area (Å²) in [4.78, 5) is 0. The molecule has 12 heavy (non-hydrogen) atoms. The highest BCUT2D eigenvalue weighted by Crippen LogP contribution is 2.04. The minimum atomic E-state index is 0.227. The lowest BCUT2D eigenvalue weighted by molar-refractivity contribution is 0.141. The molecule has 0 aliphatic carbocycles. The zero-order chi connectivity index (χ0) is 9.40. The molecule has 0 spiro atoms. The molecule has 3 N–H and O–H groups in total. The van der Waals surface area contributed by atoms with Crippen molar-refractivity contribution in [3.63, 3.8) is 0 Å². The molecule has 3 heteroatoms. The monoisotopic (exact) mass is 172 g/mol. The lowest BCUT2D eigenvalue weighted by atomic mass is 10.1. The van der Waals surface area contributed by atoms with E-state index in [1.165, 1.54) is 0 Å². The van der Waals surface area contributed by atoms with Crippen molar-refractivity contribution >= 4 is 0 Å². The predicted octanol–water partition coefficient (Wildman–Crippen LogP) is 1.21. The molecular formula is C9H20N2O. The summed E-state index contributed by atoms with van der Waals surface area (Å²) in [6.07, 6.45) is 2.02. The van der Waals surface area contributed by atoms with Crippen molar-refractivity contribution in [2.24, 2.45) is 5.84 Å². The second-order valence-corrected chi connectivity index (χ2v) is 2.90. The van der Waals surface area contributed by atoms with Crippen LogP contribution in [0.25, 0.3) is 0 Å². The van der Waals surface area contributed by atoms with Gasteiger partial charge in [-0.05, 0) is 26.7 Å². The third kappa shape index (κ3) is 5.29. The number of rotatable bonds is 7. The van der Waals surface area contributed by atoms with Crippen LogP contribution in [0.2, 0.25) is 0 Å². The molecule has 0 fully saturated rings. The minimum Gasteiger partial charge on any atom is -0.382 e. The third-order valence-corrected chi connectivity index (χ3v) is 1.78. The lowest BCUT2D eigenvalue weighted by Crippen LogP contribution is -2.35. The average molecular weight is 172 g/mol. The van der Waals surface area contributed by atoms with Crippen molar-refractivity contribution in [1.82, 2.24) is 5.43 Å². The number of hydrazine groups is 1. The molecule has 1 atom stereocenters. The third-order valence-electron chi connectivity index (χ3n) is 1.78. The molecule has 0 aromatic carbocycles. The van der Waals surface area contributed by atoms with Gasteiger partial charge in [0.1, 0.15) is 0 Å². The first-order valence-corrected chi connectivity index (χ1v) is 4.41. The predicted molar refractivity (Wildman–Crippen MR) is 51.7 cm³/mol. The zero-order valence-corrected chi connectivity index (χ0v) is 8.10. The Morgan fingerprint density at radius 1 is 1.67 bits per heavy atom. The van der Waals surface area contributed by atoms with Gasteiger partial charge in [0, 0.05) is 19.3 Å². The fraction of sp³-hybridized carbons (Fsp3) is 0.778. The number of hydrogen-bond acceptors (Lipinski definition) is 3. The Kier molecular flexibility index (Phi) is 7.05. The molecule has 0 rings (SSSR count). The van der Waals surface area contributed by atoms with Crippen LogP contribution in [0.4, 0.5) is 0 Å². The van der Waals surface area contributed by atoms with Gasteiger partial charge in [0.15, 0.2) is 0 Å². The molecule has 0 heterocycles. The highest BCUT2D eigenvalue weighted by atomic mass is 16.5. The zero-order valence-electron chi connectivity index (χ0n) is 8.10. The van der Waals surface area contributed by atoms with E-state index in [0.717, 1.165) is 31.6 Å². The number of nitrogens with two attached hydrogens (primary N) is 1. The van der Waals surface area contributed by atoms with Crippen LogP contribution in [0.3, 0.4) is 0 Å². The van der Waals surface area contributed by atoms with Crippen LogP contribution in [0, 0.1) is 0 Å². The van der Waals surface area contributed by atoms with Crippen molar-refractivity contribution in [2.75, 3.05) is 13.2 Å². The van der Waals surface area contributed by atoms with Gasteiger partial charge >= 0.3 is 0 Å². The minimum absolute atomic E-state index is 0.227. The van der Waals surface area contributed by atoms with Gasteiger partial charge in [-0.3, -0.25) is 11.3 Å². The fourth-order valence-corrected chi connectivity index (χ4v) is 1.01. The summed E-state index contributed by atoms with van der Waals surface area (Å²) < 4.78 is 5.21. The van der Waals surface area contributed by atoms with Gasteiger partial charge < -0.3 is 4.74 Å². The van der Waals surface area contributed by atoms with E-state index in [9.17, 15) is 0 Å². The summed E-state index contributed by atoms with van der Waals surface area (Å²) in [6.45, 7) is 9.41. The molecule has 3 nitrogen and oxygen atoms in total. The molecule has 72 valence electrons. The van der Waals surface area contributed by atoms with Crippen molar-refractivity contribution in [3.8, 4) is 0 Å². The van der Waals surface area contributed by atoms with Crippen LogP contribution in [0.1, 0.15) is 26.7 Å². The average Bonchev–Trinajstić information content (AvgIpc) is 2.04. The molecule has 0 aliphatic rings. The highest BCUT2D eigenvalue weighted by Gasteiger charge is 2.05. The maximum absolute atomic E-state index is 5.34. The Morgan fingerprint density at radius 2 is 2.33 bits per heavy atom. The molecule has 1 unspecified atom stereocenters. The van der Waals surface area contributed by atoms with Gasteiger partial charge in [0.25, 0.3) is 0 Å². The van der Waals surface area contributed by atoms with E-state index in [1.807, 2.05) is 13.8 Å². The van der Waals surface area contributed by atoms with E-state index >= 15 is 0 Å². The Labute approximate surface area is 74.9 Å². The van der Waals surface area contributed by atoms with Crippen LogP contribution in [-0.4, -0.2) is 19.3 Å². The van der Waals surface area contributed by atoms with Gasteiger partial charge in [-0.15, -0.1) is 0 Å². The molecule has 0 saturated carbocycles. The topological polar surface area (TPSA) is 47.3 Å². The summed E-state index contributed by atoms with van der Waals surface area (Å²) in [5, 5.41) is 0. The molecule has 0 aromatic rings. The molecule has 0 radical (unpaired) electrons. The number of hydrogen-bond donors (Lipinski definition) is 2. The Balaban J connectivity index is 3.38. The first kappa shape index (κ1) is 11.6. The summed E-state index contributed by atoms with van der Waals surface area (Å²) >= 11 is 0. The summed E-state index contributed by atoms with van der Waals surface area (Å²) in [5.74, 6) is 5.34. The van der Waals surface area contributed by atoms with E-state index in [0.29, 0.717) is 0 Å². The normalized spacial score (nSPS) is 12.9. The van der Waals surface area contributed by atoms with Gasteiger partial charge in [-0.2, -0.15) is 0 Å². The Hall–Kier alpha value is -0.380. The second kappa shape index (κ2) is 7.28. The quantitative estimate of drug-likeness (QED) is 0.263. The first-order valence-electron chi connectivity index (χ1n) is 4.41. The summed E-state index contributed by atoms with van der Waals surface area (Å²) in [5.41, 5.74) is 3.80. The van der Waals surface area contributed by atoms with Gasteiger partial charge in [-0.1, -0.05) is 12.2 Å². The van der Waals surface area contributed by atoms with Crippen LogP contribution in [-0.2, 0) is 4.74 Å². The Bertz CT molecular complexity index is 126. The molecular weight excluding hydrogens is 152 g/mol. The van der Waals surface area contributed by atoms with Crippen LogP contribution < -0.4 is 11.3 Å². The van der Waals surface area contributed by atoms with Crippen molar-refractivity contribution < 1.29 is 4.74 Å². The van der Waals surface area contributed by atoms with E-state index in [-0.39, 0.29) is 6.04 Å². The summed E-state index contributed by atoms with van der Waals surface area (Å²) in [7, 11) is 0. The first-order chi connectivity index (χ1) is 5.72. The standard InChI is InChI=1S/C9H20N2O/c1-4-12-7-5-6-9(11-10)8(2)3/h9,11H,2,4-7,10H2,1,3H3. The van der Waals surface area contributed by atoms with Crippen LogP contribution in [0.5, 0.6) is 0 Å². The molecule has 0 amide bonds. The van der Waals surface area contributed by atoms with Crippen LogP contribution >= 0.6 is 0 Å². The van der Waals surface area contributed by atoms with Gasteiger partial charge in [-0.25, -0.2) is 0 Å². The maximum atomic E-state index is 5.34. The molecule has 0 aliphatic heterocycles. The lowest BCUT2D eigenvalue weighted by Gasteiger charge is -2.15. The largest absolute Gasteiger partial charge is 0.382 e. The number of ether oxygens (including phenoxy) is 1. The van der Waals surface area contributed by atoms with Crippen molar-refractivity contribution in [2.45, 2.75) is 32.7 Å². The van der Waals surface area contributed by atoms with Gasteiger partial charge in [0.05, 0.1) is 0 Å². The number of nitrogens with one attached hydrogen (secondary N) is 1. The van der Waals surface area contributed by atoms with Gasteiger partial charge in [0.2, 0.25) is 0 Å². The van der Waals surface area contributed by atoms with E-state index < -0.39 is 0 Å². The summed E-state index contributed by atoms with van der Waals surface area (Å²) in [6, 6.07) is 0.227. The molecule has 0 aromatic heterocycles. The smallest absolute Gasteiger partial charge is 0.0466 e. The molecule has 0 saturated heterocycles. The molecule has 0 bridgehead atoms. The Morgan fingerprint density at radius 3 is 2.75 bits per heavy atom. The van der Waals surface area contributed by atoms with E-state index in [1.54, 1.807) is 0 Å². The van der Waals surface area contributed by atoms with Crippen molar-refractivity contribution in [1.29, 1.82) is 0 Å². The van der Waals surface area contributed by atoms with E-state index in [4.69, 9.17) is 10.6 Å². The maximum Gasteiger partial charge on any atom is 0.0466 e. The highest BCUT2D eigenvalue weighted by molar-refractivity contribution is 5.00. The van der Waals surface area contributed by atoms with E-state index in [2.05, 4.69) is 12.0 Å². The SMILES string of the molecule is C=C(C)C(CCCOCC)NN. The fourth-order valence-electron chi connectivity index (χ4n) is 1.01.